The summed E-state index contributed by atoms with van der Waals surface area (Å²) in [6.45, 7) is 1.20. The number of amides is 1. The van der Waals surface area contributed by atoms with Crippen molar-refractivity contribution in [2.24, 2.45) is 0 Å². The Morgan fingerprint density at radius 3 is 2.50 bits per heavy atom. The summed E-state index contributed by atoms with van der Waals surface area (Å²) in [5.41, 5.74) is 4.68. The van der Waals surface area contributed by atoms with Gasteiger partial charge in [-0.25, -0.2) is 0 Å². The van der Waals surface area contributed by atoms with Gasteiger partial charge in [-0.2, -0.15) is 0 Å². The predicted molar refractivity (Wildman–Crippen MR) is 115 cm³/mol. The Kier molecular flexibility index (Phi) is 4.31. The van der Waals surface area contributed by atoms with Crippen LogP contribution < -0.4 is 14.2 Å². The van der Waals surface area contributed by atoms with Crippen LogP contribution in [0, 0.1) is 0 Å². The number of hydrogen-bond donors (Lipinski definition) is 2. The first-order chi connectivity index (χ1) is 14.6. The molecule has 0 fully saturated rings. The van der Waals surface area contributed by atoms with Gasteiger partial charge in [0.15, 0.2) is 0 Å². The summed E-state index contributed by atoms with van der Waals surface area (Å²) in [6.07, 6.45) is 0.783. The third-order valence-corrected chi connectivity index (χ3v) is 5.86. The third-order valence-electron chi connectivity index (χ3n) is 5.86. The second-order valence-electron chi connectivity index (χ2n) is 7.41. The number of nitrogens with zero attached hydrogens (tertiary/aromatic N) is 1. The number of carbonyl (C=O) groups is 1. The predicted octanol–water partition coefficient (Wildman–Crippen LogP) is 3.87. The Hall–Kier alpha value is -3.61. The number of rotatable bonds is 4. The van der Waals surface area contributed by atoms with Gasteiger partial charge in [0, 0.05) is 47.1 Å². The smallest absolute Gasteiger partial charge is 0.270 e. The van der Waals surface area contributed by atoms with Crippen LogP contribution in [0.1, 0.15) is 21.7 Å². The van der Waals surface area contributed by atoms with Crippen LogP contribution in [0.4, 0.5) is 0 Å². The fourth-order valence-corrected chi connectivity index (χ4v) is 4.29. The van der Waals surface area contributed by atoms with Gasteiger partial charge in [0.05, 0.1) is 26.8 Å². The molecule has 0 saturated carbocycles. The normalized spacial score (nSPS) is 13.5. The van der Waals surface area contributed by atoms with Crippen LogP contribution in [-0.4, -0.2) is 48.6 Å². The van der Waals surface area contributed by atoms with E-state index in [9.17, 15) is 4.79 Å². The van der Waals surface area contributed by atoms with E-state index < -0.39 is 0 Å². The molecule has 0 atom stereocenters. The van der Waals surface area contributed by atoms with E-state index in [4.69, 9.17) is 14.2 Å². The molecule has 3 heterocycles. The Balaban J connectivity index is 1.51. The average Bonchev–Trinajstić information content (AvgIpc) is 3.39. The van der Waals surface area contributed by atoms with Crippen molar-refractivity contribution in [2.75, 3.05) is 27.9 Å². The molecular formula is C23H23N3O4. The number of aromatic nitrogens is 2. The molecule has 4 aromatic rings. The molecule has 7 nitrogen and oxygen atoms in total. The van der Waals surface area contributed by atoms with Crippen LogP contribution in [-0.2, 0) is 13.0 Å². The number of aromatic amines is 2. The number of carbonyl (C=O) groups excluding carboxylic acids is 1. The summed E-state index contributed by atoms with van der Waals surface area (Å²) in [6, 6.07) is 11.5. The number of fused-ring (bicyclic) bond motifs is 4. The van der Waals surface area contributed by atoms with E-state index in [0.29, 0.717) is 30.3 Å². The van der Waals surface area contributed by atoms with E-state index in [1.165, 1.54) is 5.69 Å². The lowest BCUT2D eigenvalue weighted by Gasteiger charge is -2.27. The van der Waals surface area contributed by atoms with Crippen LogP contribution in [0.3, 0.4) is 0 Å². The molecule has 2 aromatic heterocycles. The van der Waals surface area contributed by atoms with Gasteiger partial charge in [-0.05, 0) is 36.4 Å². The highest BCUT2D eigenvalue weighted by Gasteiger charge is 2.26. The van der Waals surface area contributed by atoms with E-state index >= 15 is 0 Å². The largest absolute Gasteiger partial charge is 0.497 e. The summed E-state index contributed by atoms with van der Waals surface area (Å²) in [7, 11) is 4.89. The average molecular weight is 405 g/mol. The highest BCUT2D eigenvalue weighted by atomic mass is 16.5. The van der Waals surface area contributed by atoms with Crippen molar-refractivity contribution in [1.82, 2.24) is 14.9 Å². The summed E-state index contributed by atoms with van der Waals surface area (Å²) in [4.78, 5) is 21.9. The van der Waals surface area contributed by atoms with Gasteiger partial charge in [-0.15, -0.1) is 0 Å². The fourth-order valence-electron chi connectivity index (χ4n) is 4.29. The van der Waals surface area contributed by atoms with Gasteiger partial charge in [-0.3, -0.25) is 4.79 Å². The van der Waals surface area contributed by atoms with Crippen LogP contribution in [0.15, 0.2) is 36.4 Å². The zero-order valence-electron chi connectivity index (χ0n) is 17.2. The molecule has 2 aromatic carbocycles. The lowest BCUT2D eigenvalue weighted by atomic mass is 10.0. The number of nitrogens with one attached hydrogen (secondary N) is 2. The molecule has 154 valence electrons. The molecule has 1 amide bonds. The van der Waals surface area contributed by atoms with Crippen molar-refractivity contribution in [3.8, 4) is 17.2 Å². The van der Waals surface area contributed by atoms with Crippen molar-refractivity contribution in [3.05, 3.63) is 53.3 Å². The molecule has 0 unspecified atom stereocenters. The minimum Gasteiger partial charge on any atom is -0.497 e. The Bertz CT molecular complexity index is 1230. The van der Waals surface area contributed by atoms with Gasteiger partial charge in [-0.1, -0.05) is 0 Å². The first-order valence-corrected chi connectivity index (χ1v) is 9.83. The Morgan fingerprint density at radius 2 is 1.73 bits per heavy atom. The maximum Gasteiger partial charge on any atom is 0.270 e. The van der Waals surface area contributed by atoms with Crippen molar-refractivity contribution >= 4 is 27.7 Å². The van der Waals surface area contributed by atoms with E-state index in [2.05, 4.69) is 9.97 Å². The lowest BCUT2D eigenvalue weighted by molar-refractivity contribution is 0.0730. The summed E-state index contributed by atoms with van der Waals surface area (Å²) in [5, 5.41) is 1.93. The summed E-state index contributed by atoms with van der Waals surface area (Å²) >= 11 is 0. The van der Waals surface area contributed by atoms with E-state index in [1.54, 1.807) is 21.3 Å². The number of benzene rings is 2. The van der Waals surface area contributed by atoms with Crippen molar-refractivity contribution in [3.63, 3.8) is 0 Å². The number of methoxy groups -OCH3 is 3. The maximum absolute atomic E-state index is 13.3. The first kappa shape index (κ1) is 18.4. The molecule has 0 saturated heterocycles. The second-order valence-corrected chi connectivity index (χ2v) is 7.41. The quantitative estimate of drug-likeness (QED) is 0.540. The standard InChI is InChI=1S/C23H23N3O4/c1-28-13-4-5-17-14(10-13)16-12-26(9-8-18(16)24-17)23(27)19-11-15-20(29-2)6-7-21(30-3)22(15)25-19/h4-7,10-11,24-25H,8-9,12H2,1-3H3. The SMILES string of the molecule is COc1ccc2[nH]c3c(c2c1)CN(C(=O)c1cc2c(OC)ccc(OC)c2[nH]1)CC3. The highest BCUT2D eigenvalue weighted by Crippen LogP contribution is 2.35. The van der Waals surface area contributed by atoms with Crippen LogP contribution >= 0.6 is 0 Å². The van der Waals surface area contributed by atoms with E-state index in [1.807, 2.05) is 41.3 Å². The molecule has 2 N–H and O–H groups in total. The summed E-state index contributed by atoms with van der Waals surface area (Å²) in [5.74, 6) is 2.14. The Labute approximate surface area is 173 Å². The fraction of sp³-hybridized carbons (Fsp3) is 0.261. The van der Waals surface area contributed by atoms with Crippen molar-refractivity contribution in [1.29, 1.82) is 0 Å². The second kappa shape index (κ2) is 7.02. The van der Waals surface area contributed by atoms with Gasteiger partial charge < -0.3 is 29.1 Å². The van der Waals surface area contributed by atoms with Gasteiger partial charge >= 0.3 is 0 Å². The molecule has 0 aliphatic carbocycles. The minimum absolute atomic E-state index is 0.0433. The number of hydrogen-bond acceptors (Lipinski definition) is 4. The monoisotopic (exact) mass is 405 g/mol. The third kappa shape index (κ3) is 2.77. The van der Waals surface area contributed by atoms with Gasteiger partial charge in [0.2, 0.25) is 0 Å². The lowest BCUT2D eigenvalue weighted by Crippen LogP contribution is -2.35. The van der Waals surface area contributed by atoms with E-state index in [0.717, 1.165) is 39.5 Å². The van der Waals surface area contributed by atoms with Crippen LogP contribution in [0.2, 0.25) is 0 Å². The highest BCUT2D eigenvalue weighted by molar-refractivity contribution is 6.01. The van der Waals surface area contributed by atoms with Crippen LogP contribution in [0.5, 0.6) is 17.2 Å². The number of ether oxygens (including phenoxy) is 3. The molecule has 5 rings (SSSR count). The molecule has 1 aliphatic rings. The van der Waals surface area contributed by atoms with Gasteiger partial charge in [0.1, 0.15) is 22.9 Å². The van der Waals surface area contributed by atoms with Crippen molar-refractivity contribution < 1.29 is 19.0 Å². The first-order valence-electron chi connectivity index (χ1n) is 9.83. The maximum atomic E-state index is 13.3. The molecule has 0 bridgehead atoms. The zero-order valence-corrected chi connectivity index (χ0v) is 17.2. The van der Waals surface area contributed by atoms with Crippen LogP contribution in [0.25, 0.3) is 21.8 Å². The molecular weight excluding hydrogens is 382 g/mol. The topological polar surface area (TPSA) is 79.6 Å². The zero-order chi connectivity index (χ0) is 20.8. The van der Waals surface area contributed by atoms with Crippen molar-refractivity contribution in [2.45, 2.75) is 13.0 Å². The molecule has 0 spiro atoms. The molecule has 0 radical (unpaired) electrons. The molecule has 30 heavy (non-hydrogen) atoms. The molecule has 1 aliphatic heterocycles. The Morgan fingerprint density at radius 1 is 0.933 bits per heavy atom. The molecule has 7 heteroatoms. The minimum atomic E-state index is -0.0433. The van der Waals surface area contributed by atoms with E-state index in [-0.39, 0.29) is 5.91 Å². The summed E-state index contributed by atoms with van der Waals surface area (Å²) < 4.78 is 16.3. The number of H-pyrrole nitrogens is 2. The van der Waals surface area contributed by atoms with Gasteiger partial charge in [0.25, 0.3) is 5.91 Å².